The molecule has 0 radical (unpaired) electrons. The number of carboxylic acid groups (broad SMARTS) is 1. The lowest BCUT2D eigenvalue weighted by molar-refractivity contribution is 0.0665. The number of aromatic nitrogens is 1. The quantitative estimate of drug-likeness (QED) is 0.876. The van der Waals surface area contributed by atoms with Gasteiger partial charge in [0.1, 0.15) is 5.69 Å². The molecule has 1 heterocycles. The number of carbonyl (C=O) groups is 2. The van der Waals surface area contributed by atoms with Gasteiger partial charge in [-0.05, 0) is 43.7 Å². The van der Waals surface area contributed by atoms with Crippen molar-refractivity contribution in [2.45, 2.75) is 31.7 Å². The van der Waals surface area contributed by atoms with Crippen LogP contribution in [0, 0.1) is 5.92 Å². The number of carboxylic acids is 1. The maximum atomic E-state index is 12.5. The highest BCUT2D eigenvalue weighted by atomic mass is 16.4. The first-order valence-corrected chi connectivity index (χ1v) is 6.66. The lowest BCUT2D eigenvalue weighted by Gasteiger charge is -2.22. The van der Waals surface area contributed by atoms with Gasteiger partial charge < -0.3 is 10.0 Å². The minimum Gasteiger partial charge on any atom is -0.478 e. The molecule has 0 unspecified atom stereocenters. The number of hydrogen-bond acceptors (Lipinski definition) is 3. The number of pyridine rings is 1. The van der Waals surface area contributed by atoms with Crippen molar-refractivity contribution < 1.29 is 14.7 Å². The van der Waals surface area contributed by atoms with Gasteiger partial charge >= 0.3 is 5.97 Å². The van der Waals surface area contributed by atoms with E-state index >= 15 is 0 Å². The second-order valence-electron chi connectivity index (χ2n) is 5.34. The van der Waals surface area contributed by atoms with Gasteiger partial charge in [0.2, 0.25) is 0 Å². The SMILES string of the molecule is O=C(O)c1cccnc1C(=O)N(CC1CC1)C1CC1. The largest absolute Gasteiger partial charge is 0.478 e. The average molecular weight is 260 g/mol. The monoisotopic (exact) mass is 260 g/mol. The first-order chi connectivity index (χ1) is 9.16. The molecule has 1 aromatic heterocycles. The van der Waals surface area contributed by atoms with Gasteiger partial charge in [-0.15, -0.1) is 0 Å². The normalized spacial score (nSPS) is 18.1. The number of carbonyl (C=O) groups excluding carboxylic acids is 1. The summed E-state index contributed by atoms with van der Waals surface area (Å²) < 4.78 is 0. The van der Waals surface area contributed by atoms with Crippen molar-refractivity contribution in [3.8, 4) is 0 Å². The van der Waals surface area contributed by atoms with Gasteiger partial charge in [0.25, 0.3) is 5.91 Å². The molecule has 0 atom stereocenters. The minimum absolute atomic E-state index is 0.00560. The summed E-state index contributed by atoms with van der Waals surface area (Å²) in [6.45, 7) is 0.749. The van der Waals surface area contributed by atoms with E-state index in [2.05, 4.69) is 4.98 Å². The molecule has 0 bridgehead atoms. The summed E-state index contributed by atoms with van der Waals surface area (Å²) in [5, 5.41) is 9.13. The van der Waals surface area contributed by atoms with Crippen LogP contribution < -0.4 is 0 Å². The van der Waals surface area contributed by atoms with E-state index in [4.69, 9.17) is 5.11 Å². The van der Waals surface area contributed by atoms with Gasteiger partial charge in [-0.25, -0.2) is 4.79 Å². The van der Waals surface area contributed by atoms with E-state index < -0.39 is 5.97 Å². The summed E-state index contributed by atoms with van der Waals surface area (Å²) in [6.07, 6.45) is 5.86. The Labute approximate surface area is 111 Å². The highest BCUT2D eigenvalue weighted by Crippen LogP contribution is 2.35. The Hall–Kier alpha value is -1.91. The Morgan fingerprint density at radius 2 is 2.05 bits per heavy atom. The molecule has 0 aromatic carbocycles. The van der Waals surface area contributed by atoms with Crippen molar-refractivity contribution in [3.05, 3.63) is 29.6 Å². The molecule has 1 amide bonds. The molecule has 0 spiro atoms. The van der Waals surface area contributed by atoms with Crippen molar-refractivity contribution in [1.29, 1.82) is 0 Å². The van der Waals surface area contributed by atoms with Gasteiger partial charge in [0, 0.05) is 18.8 Å². The molecule has 100 valence electrons. The predicted molar refractivity (Wildman–Crippen MR) is 68.0 cm³/mol. The summed E-state index contributed by atoms with van der Waals surface area (Å²) in [4.78, 5) is 29.5. The third kappa shape index (κ3) is 2.59. The number of aromatic carboxylic acids is 1. The molecule has 5 heteroatoms. The van der Waals surface area contributed by atoms with E-state index in [1.165, 1.54) is 25.1 Å². The molecular formula is C14H16N2O3. The van der Waals surface area contributed by atoms with E-state index in [-0.39, 0.29) is 23.2 Å². The van der Waals surface area contributed by atoms with Crippen molar-refractivity contribution in [2.24, 2.45) is 5.92 Å². The lowest BCUT2D eigenvalue weighted by Crippen LogP contribution is -2.36. The number of nitrogens with zero attached hydrogens (tertiary/aromatic N) is 2. The van der Waals surface area contributed by atoms with Crippen LogP contribution >= 0.6 is 0 Å². The van der Waals surface area contributed by atoms with E-state index in [1.54, 1.807) is 6.07 Å². The number of hydrogen-bond donors (Lipinski definition) is 1. The second kappa shape index (κ2) is 4.64. The van der Waals surface area contributed by atoms with Crippen LogP contribution in [-0.4, -0.2) is 39.5 Å². The third-order valence-electron chi connectivity index (χ3n) is 3.64. The van der Waals surface area contributed by atoms with Crippen molar-refractivity contribution >= 4 is 11.9 Å². The Bertz CT molecular complexity index is 521. The molecule has 2 saturated carbocycles. The van der Waals surface area contributed by atoms with E-state index in [0.29, 0.717) is 5.92 Å². The first kappa shape index (κ1) is 12.1. The van der Waals surface area contributed by atoms with Gasteiger partial charge in [-0.3, -0.25) is 9.78 Å². The molecular weight excluding hydrogens is 244 g/mol. The molecule has 5 nitrogen and oxygen atoms in total. The standard InChI is InChI=1S/C14H16N2O3/c17-13(12-11(14(18)19)2-1-7-15-12)16(10-5-6-10)8-9-3-4-9/h1-2,7,9-10H,3-6,8H2,(H,18,19). The third-order valence-corrected chi connectivity index (χ3v) is 3.64. The smallest absolute Gasteiger partial charge is 0.338 e. The molecule has 1 aromatic rings. The molecule has 2 fully saturated rings. The topological polar surface area (TPSA) is 70.5 Å². The van der Waals surface area contributed by atoms with Crippen molar-refractivity contribution in [3.63, 3.8) is 0 Å². The molecule has 19 heavy (non-hydrogen) atoms. The zero-order valence-electron chi connectivity index (χ0n) is 10.6. The van der Waals surface area contributed by atoms with Crippen LogP contribution in [0.2, 0.25) is 0 Å². The Kier molecular flexibility index (Phi) is 2.97. The molecule has 1 N–H and O–H groups in total. The molecule has 2 aliphatic rings. The summed E-state index contributed by atoms with van der Waals surface area (Å²) in [5.41, 5.74) is 0.0662. The summed E-state index contributed by atoms with van der Waals surface area (Å²) in [7, 11) is 0. The van der Waals surface area contributed by atoms with Crippen LogP contribution in [0.3, 0.4) is 0 Å². The van der Waals surface area contributed by atoms with Gasteiger partial charge in [-0.2, -0.15) is 0 Å². The van der Waals surface area contributed by atoms with Crippen molar-refractivity contribution in [2.75, 3.05) is 6.54 Å². The second-order valence-corrected chi connectivity index (χ2v) is 5.34. The zero-order chi connectivity index (χ0) is 13.4. The Balaban J connectivity index is 1.86. The van der Waals surface area contributed by atoms with Crippen LogP contribution in [0.25, 0.3) is 0 Å². The lowest BCUT2D eigenvalue weighted by atomic mass is 10.1. The van der Waals surface area contributed by atoms with E-state index in [9.17, 15) is 9.59 Å². The summed E-state index contributed by atoms with van der Waals surface area (Å²) in [6, 6.07) is 3.27. The first-order valence-electron chi connectivity index (χ1n) is 6.66. The van der Waals surface area contributed by atoms with Crippen LogP contribution in [0.1, 0.15) is 46.5 Å². The fraction of sp³-hybridized carbons (Fsp3) is 0.500. The summed E-state index contributed by atoms with van der Waals surface area (Å²) in [5.74, 6) is -0.729. The average Bonchev–Trinajstić information content (AvgIpc) is 3.27. The maximum Gasteiger partial charge on any atom is 0.338 e. The van der Waals surface area contributed by atoms with E-state index in [0.717, 1.165) is 19.4 Å². The van der Waals surface area contributed by atoms with E-state index in [1.807, 2.05) is 4.90 Å². The van der Waals surface area contributed by atoms with Gasteiger partial charge in [-0.1, -0.05) is 0 Å². The Morgan fingerprint density at radius 1 is 1.32 bits per heavy atom. The minimum atomic E-state index is -1.10. The zero-order valence-corrected chi connectivity index (χ0v) is 10.6. The van der Waals surface area contributed by atoms with Crippen molar-refractivity contribution in [1.82, 2.24) is 9.88 Å². The number of rotatable bonds is 5. The van der Waals surface area contributed by atoms with Crippen LogP contribution in [0.5, 0.6) is 0 Å². The molecule has 0 aliphatic heterocycles. The molecule has 0 saturated heterocycles. The maximum absolute atomic E-state index is 12.5. The van der Waals surface area contributed by atoms with Crippen LogP contribution in [-0.2, 0) is 0 Å². The number of amides is 1. The van der Waals surface area contributed by atoms with Crippen LogP contribution in [0.4, 0.5) is 0 Å². The molecule has 2 aliphatic carbocycles. The van der Waals surface area contributed by atoms with Gasteiger partial charge in [0.15, 0.2) is 0 Å². The molecule has 3 rings (SSSR count). The highest BCUT2D eigenvalue weighted by molar-refractivity contribution is 6.03. The fourth-order valence-electron chi connectivity index (χ4n) is 2.25. The Morgan fingerprint density at radius 3 is 2.63 bits per heavy atom. The predicted octanol–water partition coefficient (Wildman–Crippen LogP) is 1.79. The van der Waals surface area contributed by atoms with Crippen LogP contribution in [0.15, 0.2) is 18.3 Å². The summed E-state index contributed by atoms with van der Waals surface area (Å²) >= 11 is 0. The highest BCUT2D eigenvalue weighted by Gasteiger charge is 2.38. The van der Waals surface area contributed by atoms with Gasteiger partial charge in [0.05, 0.1) is 5.56 Å². The fourth-order valence-corrected chi connectivity index (χ4v) is 2.25.